The molecule has 2 aliphatic rings. The van der Waals surface area contributed by atoms with E-state index in [1.807, 2.05) is 24.3 Å². The standard InChI is InChI=1S/C20H27ClN2O5/c1-26-11-12-28-23-18(24)13-16(19(25)27-2)20(23)7-9-22(10-8-20)14-15-5-3-4-6-17(15)21/h3-6,16H,7-14H2,1-2H3. The summed E-state index contributed by atoms with van der Waals surface area (Å²) in [6.45, 7) is 2.84. The lowest BCUT2D eigenvalue weighted by atomic mass is 9.77. The normalized spacial score (nSPS) is 22.0. The summed E-state index contributed by atoms with van der Waals surface area (Å²) < 4.78 is 10.0. The van der Waals surface area contributed by atoms with E-state index >= 15 is 0 Å². The van der Waals surface area contributed by atoms with Gasteiger partial charge in [-0.05, 0) is 24.5 Å². The summed E-state index contributed by atoms with van der Waals surface area (Å²) in [7, 11) is 2.94. The fourth-order valence-electron chi connectivity index (χ4n) is 4.21. The molecule has 0 bridgehead atoms. The molecule has 7 nitrogen and oxygen atoms in total. The van der Waals surface area contributed by atoms with Crippen LogP contribution in [0.15, 0.2) is 24.3 Å². The van der Waals surface area contributed by atoms with Crippen molar-refractivity contribution in [2.45, 2.75) is 31.3 Å². The molecule has 1 atom stereocenters. The van der Waals surface area contributed by atoms with E-state index in [1.165, 1.54) is 12.2 Å². The number of ether oxygens (including phenoxy) is 2. The third kappa shape index (κ3) is 4.17. The highest BCUT2D eigenvalue weighted by molar-refractivity contribution is 6.31. The average molecular weight is 411 g/mol. The van der Waals surface area contributed by atoms with Crippen LogP contribution in [-0.2, 0) is 30.4 Å². The van der Waals surface area contributed by atoms with Gasteiger partial charge in [-0.25, -0.2) is 5.06 Å². The molecule has 0 saturated carbocycles. The van der Waals surface area contributed by atoms with Crippen molar-refractivity contribution in [2.75, 3.05) is 40.5 Å². The maximum Gasteiger partial charge on any atom is 0.311 e. The SMILES string of the molecule is COCCON1C(=O)CC(C(=O)OC)C12CCN(Cc1ccccc1Cl)CC2. The molecule has 1 aromatic rings. The second-order valence-corrected chi connectivity index (χ2v) is 7.67. The van der Waals surface area contributed by atoms with Crippen molar-refractivity contribution in [1.29, 1.82) is 0 Å². The summed E-state index contributed by atoms with van der Waals surface area (Å²) in [5.41, 5.74) is 0.398. The first-order valence-corrected chi connectivity index (χ1v) is 9.88. The van der Waals surface area contributed by atoms with E-state index in [2.05, 4.69) is 4.90 Å². The van der Waals surface area contributed by atoms with Gasteiger partial charge in [0.05, 0.1) is 31.8 Å². The Hall–Kier alpha value is -1.67. The molecule has 1 amide bonds. The predicted molar refractivity (Wildman–Crippen MR) is 103 cm³/mol. The molecule has 2 heterocycles. The monoisotopic (exact) mass is 410 g/mol. The zero-order valence-corrected chi connectivity index (χ0v) is 17.1. The van der Waals surface area contributed by atoms with E-state index in [4.69, 9.17) is 25.9 Å². The summed E-state index contributed by atoms with van der Waals surface area (Å²) in [5, 5.41) is 2.18. The Kier molecular flexibility index (Phi) is 6.93. The van der Waals surface area contributed by atoms with Crippen molar-refractivity contribution in [3.63, 3.8) is 0 Å². The fourth-order valence-corrected chi connectivity index (χ4v) is 4.41. The second kappa shape index (κ2) is 9.22. The van der Waals surface area contributed by atoms with Crippen LogP contribution < -0.4 is 0 Å². The number of esters is 1. The molecule has 1 unspecified atom stereocenters. The minimum atomic E-state index is -0.672. The smallest absolute Gasteiger partial charge is 0.311 e. The summed E-state index contributed by atoms with van der Waals surface area (Å²) >= 11 is 6.29. The minimum Gasteiger partial charge on any atom is -0.469 e. The topological polar surface area (TPSA) is 68.3 Å². The molecule has 2 fully saturated rings. The zero-order chi connectivity index (χ0) is 20.1. The molecule has 0 aromatic heterocycles. The lowest BCUT2D eigenvalue weighted by molar-refractivity contribution is -0.227. The van der Waals surface area contributed by atoms with Gasteiger partial charge in [0.25, 0.3) is 0 Å². The molecule has 1 aromatic carbocycles. The van der Waals surface area contributed by atoms with Gasteiger partial charge in [-0.3, -0.25) is 19.3 Å². The fraction of sp³-hybridized carbons (Fsp3) is 0.600. The van der Waals surface area contributed by atoms with Crippen molar-refractivity contribution in [2.24, 2.45) is 5.92 Å². The molecule has 2 aliphatic heterocycles. The maximum absolute atomic E-state index is 12.6. The predicted octanol–water partition coefficient (Wildman–Crippen LogP) is 2.27. The van der Waals surface area contributed by atoms with Gasteiger partial charge in [0.2, 0.25) is 5.91 Å². The first-order valence-electron chi connectivity index (χ1n) is 9.50. The summed E-state index contributed by atoms with van der Waals surface area (Å²) in [6.07, 6.45) is 1.38. The highest BCUT2D eigenvalue weighted by Crippen LogP contribution is 2.44. The Bertz CT molecular complexity index is 706. The molecular formula is C20H27ClN2O5. The van der Waals surface area contributed by atoms with Crippen LogP contribution in [0.3, 0.4) is 0 Å². The first-order chi connectivity index (χ1) is 13.5. The molecule has 8 heteroatoms. The Morgan fingerprint density at radius 1 is 1.21 bits per heavy atom. The minimum absolute atomic E-state index is 0.115. The van der Waals surface area contributed by atoms with Crippen LogP contribution in [0.4, 0.5) is 0 Å². The van der Waals surface area contributed by atoms with Crippen LogP contribution in [0.5, 0.6) is 0 Å². The lowest BCUT2D eigenvalue weighted by Crippen LogP contribution is -2.57. The van der Waals surface area contributed by atoms with Gasteiger partial charge in [0.1, 0.15) is 0 Å². The molecule has 0 radical (unpaired) electrons. The number of rotatable bonds is 7. The Balaban J connectivity index is 1.74. The van der Waals surface area contributed by atoms with Crippen LogP contribution >= 0.6 is 11.6 Å². The molecular weight excluding hydrogens is 384 g/mol. The number of hydroxylamine groups is 2. The molecule has 1 spiro atoms. The van der Waals surface area contributed by atoms with Gasteiger partial charge in [0.15, 0.2) is 0 Å². The molecule has 0 aliphatic carbocycles. The number of amides is 1. The van der Waals surface area contributed by atoms with Crippen molar-refractivity contribution in [3.05, 3.63) is 34.9 Å². The Morgan fingerprint density at radius 2 is 1.93 bits per heavy atom. The lowest BCUT2D eigenvalue weighted by Gasteiger charge is -2.45. The number of hydrogen-bond acceptors (Lipinski definition) is 6. The van der Waals surface area contributed by atoms with Crippen LogP contribution in [-0.4, -0.2) is 67.9 Å². The molecule has 0 N–H and O–H groups in total. The van der Waals surface area contributed by atoms with E-state index in [9.17, 15) is 9.59 Å². The van der Waals surface area contributed by atoms with E-state index in [1.54, 1.807) is 7.11 Å². The number of carbonyl (C=O) groups excluding carboxylic acids is 2. The van der Waals surface area contributed by atoms with Gasteiger partial charge >= 0.3 is 5.97 Å². The number of halogens is 1. The van der Waals surface area contributed by atoms with E-state index < -0.39 is 11.5 Å². The zero-order valence-electron chi connectivity index (χ0n) is 16.4. The molecule has 3 rings (SSSR count). The van der Waals surface area contributed by atoms with Crippen LogP contribution in [0, 0.1) is 5.92 Å². The quantitative estimate of drug-likeness (QED) is 0.507. The van der Waals surface area contributed by atoms with Crippen molar-refractivity contribution in [3.8, 4) is 0 Å². The van der Waals surface area contributed by atoms with Crippen LogP contribution in [0.1, 0.15) is 24.8 Å². The van der Waals surface area contributed by atoms with Gasteiger partial charge in [-0.1, -0.05) is 29.8 Å². The van der Waals surface area contributed by atoms with Gasteiger partial charge in [-0.15, -0.1) is 0 Å². The summed E-state index contributed by atoms with van der Waals surface area (Å²) in [4.78, 5) is 33.1. The molecule has 28 heavy (non-hydrogen) atoms. The number of benzene rings is 1. The number of piperidine rings is 1. The second-order valence-electron chi connectivity index (χ2n) is 7.27. The van der Waals surface area contributed by atoms with Gasteiger partial charge in [0, 0.05) is 38.2 Å². The van der Waals surface area contributed by atoms with Crippen molar-refractivity contribution >= 4 is 23.5 Å². The number of hydrogen-bond donors (Lipinski definition) is 0. The number of likely N-dealkylation sites (tertiary alicyclic amines) is 1. The molecule has 2 saturated heterocycles. The highest BCUT2D eigenvalue weighted by atomic mass is 35.5. The number of methoxy groups -OCH3 is 2. The highest BCUT2D eigenvalue weighted by Gasteiger charge is 2.58. The van der Waals surface area contributed by atoms with Gasteiger partial charge < -0.3 is 9.47 Å². The van der Waals surface area contributed by atoms with Crippen LogP contribution in [0.2, 0.25) is 5.02 Å². The molecule has 154 valence electrons. The number of nitrogens with zero attached hydrogens (tertiary/aromatic N) is 2. The maximum atomic E-state index is 12.6. The Labute approximate surface area is 170 Å². The average Bonchev–Trinajstić information content (AvgIpc) is 2.97. The van der Waals surface area contributed by atoms with E-state index in [0.717, 1.165) is 30.2 Å². The van der Waals surface area contributed by atoms with Crippen molar-refractivity contribution in [1.82, 2.24) is 9.96 Å². The van der Waals surface area contributed by atoms with Gasteiger partial charge in [-0.2, -0.15) is 0 Å². The Morgan fingerprint density at radius 3 is 2.57 bits per heavy atom. The first kappa shape index (κ1) is 21.0. The summed E-state index contributed by atoms with van der Waals surface area (Å²) in [5.74, 6) is -1.05. The third-order valence-corrected chi connectivity index (χ3v) is 6.09. The van der Waals surface area contributed by atoms with E-state index in [-0.39, 0.29) is 24.9 Å². The summed E-state index contributed by atoms with van der Waals surface area (Å²) in [6, 6.07) is 7.79. The number of carbonyl (C=O) groups is 2. The van der Waals surface area contributed by atoms with Crippen molar-refractivity contribution < 1.29 is 23.9 Å². The largest absolute Gasteiger partial charge is 0.469 e. The third-order valence-electron chi connectivity index (χ3n) is 5.73. The van der Waals surface area contributed by atoms with E-state index in [0.29, 0.717) is 19.4 Å². The van der Waals surface area contributed by atoms with Crippen LogP contribution in [0.25, 0.3) is 0 Å².